The van der Waals surface area contributed by atoms with Gasteiger partial charge in [0.05, 0.1) is 13.1 Å². The van der Waals surface area contributed by atoms with E-state index < -0.39 is 0 Å². The van der Waals surface area contributed by atoms with Crippen molar-refractivity contribution >= 4 is 11.8 Å². The van der Waals surface area contributed by atoms with Crippen molar-refractivity contribution in [2.24, 2.45) is 0 Å². The number of rotatable bonds is 4. The highest BCUT2D eigenvalue weighted by atomic mass is 32.2. The van der Waals surface area contributed by atoms with Crippen LogP contribution in [0, 0.1) is 5.82 Å². The number of thioether (sulfide) groups is 1. The summed E-state index contributed by atoms with van der Waals surface area (Å²) in [5.74, 6) is 1.67. The molecule has 20 heavy (non-hydrogen) atoms. The van der Waals surface area contributed by atoms with Gasteiger partial charge < -0.3 is 9.73 Å². The van der Waals surface area contributed by atoms with Gasteiger partial charge in [-0.25, -0.2) is 4.39 Å². The van der Waals surface area contributed by atoms with Crippen molar-refractivity contribution in [2.45, 2.75) is 29.7 Å². The molecule has 1 aliphatic rings. The number of piperidine rings is 1. The number of hydrogen-bond donors (Lipinski definition) is 1. The number of nitrogens with two attached hydrogens (primary N) is 1. The standard InChI is InChI=1S/C14H16FN3OS/c15-12-3-1-10(2-4-12)9-20-14-18-17-13(19-14)11-5-7-16-8-6-11/h1-4,11,16H,5-9H2/p+1. The molecule has 0 atom stereocenters. The Balaban J connectivity index is 1.58. The van der Waals surface area contributed by atoms with E-state index in [9.17, 15) is 4.39 Å². The molecule has 2 heterocycles. The maximum atomic E-state index is 12.8. The van der Waals surface area contributed by atoms with Gasteiger partial charge in [0, 0.05) is 24.5 Å². The first-order chi connectivity index (χ1) is 9.81. The second kappa shape index (κ2) is 6.37. The molecular weight excluding hydrogens is 277 g/mol. The predicted molar refractivity (Wildman–Crippen MR) is 73.9 cm³/mol. The smallest absolute Gasteiger partial charge is 0.276 e. The zero-order valence-corrected chi connectivity index (χ0v) is 11.9. The second-order valence-corrected chi connectivity index (χ2v) is 5.89. The van der Waals surface area contributed by atoms with Gasteiger partial charge in [0.25, 0.3) is 5.22 Å². The summed E-state index contributed by atoms with van der Waals surface area (Å²) in [6.45, 7) is 2.26. The Bertz CT molecular complexity index is 552. The minimum atomic E-state index is -0.215. The predicted octanol–water partition coefficient (Wildman–Crippen LogP) is 1.94. The summed E-state index contributed by atoms with van der Waals surface area (Å²) in [6, 6.07) is 6.48. The van der Waals surface area contributed by atoms with Gasteiger partial charge in [-0.05, 0) is 17.7 Å². The fourth-order valence-corrected chi connectivity index (χ4v) is 3.07. The molecular formula is C14H17FN3OS+. The van der Waals surface area contributed by atoms with Gasteiger partial charge in [0.2, 0.25) is 5.89 Å². The molecule has 2 N–H and O–H groups in total. The number of quaternary nitrogens is 1. The van der Waals surface area contributed by atoms with Gasteiger partial charge in [-0.1, -0.05) is 23.9 Å². The van der Waals surface area contributed by atoms with Crippen molar-refractivity contribution in [3.05, 3.63) is 41.5 Å². The quantitative estimate of drug-likeness (QED) is 0.876. The van der Waals surface area contributed by atoms with E-state index in [0.29, 0.717) is 16.9 Å². The van der Waals surface area contributed by atoms with E-state index in [0.717, 1.165) is 37.4 Å². The van der Waals surface area contributed by atoms with Crippen molar-refractivity contribution < 1.29 is 14.1 Å². The van der Waals surface area contributed by atoms with Crippen LogP contribution in [0.2, 0.25) is 0 Å². The fourth-order valence-electron chi connectivity index (χ4n) is 2.34. The maximum absolute atomic E-state index is 12.8. The Morgan fingerprint density at radius 1 is 1.20 bits per heavy atom. The lowest BCUT2D eigenvalue weighted by atomic mass is 9.98. The summed E-state index contributed by atoms with van der Waals surface area (Å²) in [4.78, 5) is 0. The summed E-state index contributed by atoms with van der Waals surface area (Å²) in [6.07, 6.45) is 2.20. The highest BCUT2D eigenvalue weighted by Gasteiger charge is 2.23. The number of benzene rings is 1. The van der Waals surface area contributed by atoms with Crippen LogP contribution in [0.5, 0.6) is 0 Å². The van der Waals surface area contributed by atoms with Crippen molar-refractivity contribution in [2.75, 3.05) is 13.1 Å². The van der Waals surface area contributed by atoms with E-state index in [2.05, 4.69) is 15.5 Å². The minimum Gasteiger partial charge on any atom is -0.416 e. The molecule has 0 radical (unpaired) electrons. The van der Waals surface area contributed by atoms with Crippen LogP contribution in [-0.2, 0) is 5.75 Å². The van der Waals surface area contributed by atoms with Crippen LogP contribution in [0.15, 0.2) is 33.9 Å². The first-order valence-electron chi connectivity index (χ1n) is 6.83. The minimum absolute atomic E-state index is 0.215. The van der Waals surface area contributed by atoms with Crippen LogP contribution in [0.1, 0.15) is 30.2 Å². The maximum Gasteiger partial charge on any atom is 0.276 e. The Morgan fingerprint density at radius 2 is 1.95 bits per heavy atom. The first-order valence-corrected chi connectivity index (χ1v) is 7.82. The average molecular weight is 294 g/mol. The Kier molecular flexibility index (Phi) is 4.32. The zero-order chi connectivity index (χ0) is 13.8. The second-order valence-electron chi connectivity index (χ2n) is 4.96. The summed E-state index contributed by atoms with van der Waals surface area (Å²) in [5, 5.41) is 11.2. The van der Waals surface area contributed by atoms with Crippen LogP contribution in [0.4, 0.5) is 4.39 Å². The van der Waals surface area contributed by atoms with Gasteiger partial charge in [-0.15, -0.1) is 10.2 Å². The van der Waals surface area contributed by atoms with Gasteiger partial charge >= 0.3 is 0 Å². The molecule has 1 fully saturated rings. The van der Waals surface area contributed by atoms with Crippen LogP contribution in [0.25, 0.3) is 0 Å². The first kappa shape index (κ1) is 13.6. The third-order valence-corrected chi connectivity index (χ3v) is 4.38. The van der Waals surface area contributed by atoms with Crippen molar-refractivity contribution in [1.29, 1.82) is 0 Å². The molecule has 0 bridgehead atoms. The Hall–Kier alpha value is -1.40. The SMILES string of the molecule is Fc1ccc(CSc2nnc(C3CC[NH2+]CC3)o2)cc1. The molecule has 0 saturated carbocycles. The lowest BCUT2D eigenvalue weighted by molar-refractivity contribution is -0.663. The number of nitrogens with zero attached hydrogens (tertiary/aromatic N) is 2. The molecule has 1 aromatic heterocycles. The summed E-state index contributed by atoms with van der Waals surface area (Å²) in [7, 11) is 0. The summed E-state index contributed by atoms with van der Waals surface area (Å²) < 4.78 is 18.5. The Labute approximate surface area is 121 Å². The van der Waals surface area contributed by atoms with E-state index in [1.165, 1.54) is 23.9 Å². The van der Waals surface area contributed by atoms with Gasteiger partial charge in [-0.3, -0.25) is 0 Å². The van der Waals surface area contributed by atoms with Crippen LogP contribution < -0.4 is 5.32 Å². The van der Waals surface area contributed by atoms with Crippen molar-refractivity contribution in [3.8, 4) is 0 Å². The number of hydrogen-bond acceptors (Lipinski definition) is 4. The lowest BCUT2D eigenvalue weighted by Gasteiger charge is -2.16. The van der Waals surface area contributed by atoms with Gasteiger partial charge in [0.15, 0.2) is 0 Å². The van der Waals surface area contributed by atoms with Crippen LogP contribution in [-0.4, -0.2) is 23.3 Å². The van der Waals surface area contributed by atoms with Crippen molar-refractivity contribution in [1.82, 2.24) is 10.2 Å². The highest BCUT2D eigenvalue weighted by molar-refractivity contribution is 7.98. The number of halogens is 1. The fraction of sp³-hybridized carbons (Fsp3) is 0.429. The molecule has 1 aliphatic heterocycles. The topological polar surface area (TPSA) is 55.5 Å². The monoisotopic (exact) mass is 294 g/mol. The van der Waals surface area contributed by atoms with Gasteiger partial charge in [0.1, 0.15) is 5.82 Å². The van der Waals surface area contributed by atoms with Gasteiger partial charge in [-0.2, -0.15) is 0 Å². The zero-order valence-electron chi connectivity index (χ0n) is 11.1. The van der Waals surface area contributed by atoms with Crippen LogP contribution in [0.3, 0.4) is 0 Å². The van der Waals surface area contributed by atoms with Crippen LogP contribution >= 0.6 is 11.8 Å². The van der Waals surface area contributed by atoms with E-state index in [-0.39, 0.29) is 5.82 Å². The van der Waals surface area contributed by atoms with E-state index in [1.54, 1.807) is 12.1 Å². The highest BCUT2D eigenvalue weighted by Crippen LogP contribution is 2.27. The molecule has 0 amide bonds. The molecule has 1 saturated heterocycles. The van der Waals surface area contributed by atoms with E-state index in [4.69, 9.17) is 4.42 Å². The third kappa shape index (κ3) is 3.37. The molecule has 6 heteroatoms. The lowest BCUT2D eigenvalue weighted by Crippen LogP contribution is -2.86. The molecule has 0 aliphatic carbocycles. The molecule has 0 unspecified atom stereocenters. The molecule has 4 nitrogen and oxygen atoms in total. The van der Waals surface area contributed by atoms with E-state index >= 15 is 0 Å². The molecule has 2 aromatic rings. The molecule has 0 spiro atoms. The largest absolute Gasteiger partial charge is 0.416 e. The summed E-state index contributed by atoms with van der Waals surface area (Å²) >= 11 is 1.49. The third-order valence-electron chi connectivity index (χ3n) is 3.49. The van der Waals surface area contributed by atoms with E-state index in [1.807, 2.05) is 0 Å². The summed E-state index contributed by atoms with van der Waals surface area (Å²) in [5.41, 5.74) is 1.04. The molecule has 1 aromatic carbocycles. The van der Waals surface area contributed by atoms with Crippen molar-refractivity contribution in [3.63, 3.8) is 0 Å². The average Bonchev–Trinajstić information content (AvgIpc) is 2.97. The molecule has 3 rings (SSSR count). The normalized spacial score (nSPS) is 16.4. The molecule has 106 valence electrons. The Morgan fingerprint density at radius 3 is 2.70 bits per heavy atom. The number of aromatic nitrogens is 2.